The first kappa shape index (κ1) is 21.5. The monoisotopic (exact) mass is 457 g/mol. The number of ketones is 1. The molecule has 1 aliphatic rings. The number of aliphatic hydroxyl groups excluding tert-OH is 1. The first-order chi connectivity index (χ1) is 16.4. The summed E-state index contributed by atoms with van der Waals surface area (Å²) in [6.07, 6.45) is 0. The largest absolute Gasteiger partial charge is 0.503 e. The van der Waals surface area contributed by atoms with Gasteiger partial charge in [-0.3, -0.25) is 14.5 Å². The minimum atomic E-state index is -0.929. The Morgan fingerprint density at radius 3 is 2.50 bits per heavy atom. The molecule has 1 amide bonds. The number of hydrogen-bond acceptors (Lipinski definition) is 5. The normalized spacial score (nSPS) is 15.9. The topological polar surface area (TPSA) is 80.0 Å². The molecule has 0 spiro atoms. The third kappa shape index (κ3) is 3.33. The second-order valence-electron chi connectivity index (χ2n) is 7.99. The number of ether oxygens (including phenoxy) is 1. The van der Waals surface area contributed by atoms with Crippen molar-refractivity contribution in [3.63, 3.8) is 0 Å². The van der Waals surface area contributed by atoms with Crippen LogP contribution in [0.25, 0.3) is 11.0 Å². The van der Waals surface area contributed by atoms with Crippen molar-refractivity contribution in [3.8, 4) is 5.75 Å². The number of Topliss-reactive ketones (excluding diaryl/α,β-unsaturated/α-hetero) is 1. The van der Waals surface area contributed by atoms with Crippen LogP contribution >= 0.6 is 0 Å². The number of furan rings is 1. The smallest absolute Gasteiger partial charge is 0.294 e. The molecule has 0 aliphatic carbocycles. The zero-order valence-corrected chi connectivity index (χ0v) is 18.4. The zero-order valence-electron chi connectivity index (χ0n) is 18.4. The van der Waals surface area contributed by atoms with Gasteiger partial charge in [0.1, 0.15) is 5.82 Å². The van der Waals surface area contributed by atoms with E-state index in [2.05, 4.69) is 0 Å². The fourth-order valence-electron chi connectivity index (χ4n) is 4.33. The van der Waals surface area contributed by atoms with Crippen molar-refractivity contribution in [2.45, 2.75) is 13.0 Å². The van der Waals surface area contributed by atoms with Crippen LogP contribution in [-0.2, 0) is 4.79 Å². The first-order valence-corrected chi connectivity index (χ1v) is 10.6. The van der Waals surface area contributed by atoms with Gasteiger partial charge >= 0.3 is 0 Å². The molecule has 0 radical (unpaired) electrons. The van der Waals surface area contributed by atoms with E-state index in [4.69, 9.17) is 9.15 Å². The van der Waals surface area contributed by atoms with Crippen molar-refractivity contribution in [2.24, 2.45) is 0 Å². The molecule has 34 heavy (non-hydrogen) atoms. The van der Waals surface area contributed by atoms with Crippen LogP contribution in [0.5, 0.6) is 5.75 Å². The lowest BCUT2D eigenvalue weighted by Gasteiger charge is -2.27. The molecule has 1 aliphatic heterocycles. The maximum atomic E-state index is 13.7. The highest BCUT2D eigenvalue weighted by molar-refractivity contribution is 6.20. The van der Waals surface area contributed by atoms with Crippen LogP contribution in [0, 0.1) is 12.7 Å². The molecule has 0 saturated heterocycles. The zero-order chi connectivity index (χ0) is 24.0. The molecule has 0 bridgehead atoms. The molecule has 0 saturated carbocycles. The van der Waals surface area contributed by atoms with Crippen LogP contribution < -0.4 is 9.64 Å². The fourth-order valence-corrected chi connectivity index (χ4v) is 4.33. The third-order valence-corrected chi connectivity index (χ3v) is 5.99. The SMILES string of the molecule is COc1cccc2cc(C(=O)C3=C(O)C(=O)N(c4ccc(F)cc4)C3c3ccccc3C)oc12. The van der Waals surface area contributed by atoms with Crippen LogP contribution in [0.1, 0.15) is 27.7 Å². The number of para-hydroxylation sites is 1. The molecular formula is C27H20FNO5. The molecule has 1 aromatic heterocycles. The minimum Gasteiger partial charge on any atom is -0.503 e. The number of amides is 1. The van der Waals surface area contributed by atoms with Gasteiger partial charge in [-0.15, -0.1) is 0 Å². The second-order valence-corrected chi connectivity index (χ2v) is 7.99. The van der Waals surface area contributed by atoms with Gasteiger partial charge in [-0.2, -0.15) is 0 Å². The highest BCUT2D eigenvalue weighted by Crippen LogP contribution is 2.43. The van der Waals surface area contributed by atoms with E-state index in [0.717, 1.165) is 5.56 Å². The maximum absolute atomic E-state index is 13.7. The summed E-state index contributed by atoms with van der Waals surface area (Å²) in [5, 5.41) is 11.5. The number of halogens is 1. The number of aliphatic hydroxyl groups is 1. The van der Waals surface area contributed by atoms with Crippen molar-refractivity contribution in [3.05, 3.63) is 107 Å². The predicted octanol–water partition coefficient (Wildman–Crippen LogP) is 5.67. The van der Waals surface area contributed by atoms with Crippen LogP contribution in [0.3, 0.4) is 0 Å². The molecule has 1 atom stereocenters. The van der Waals surface area contributed by atoms with Crippen molar-refractivity contribution >= 4 is 28.3 Å². The van der Waals surface area contributed by atoms with E-state index in [0.29, 0.717) is 28.0 Å². The highest BCUT2D eigenvalue weighted by Gasteiger charge is 2.45. The van der Waals surface area contributed by atoms with Gasteiger partial charge in [0, 0.05) is 11.1 Å². The van der Waals surface area contributed by atoms with Gasteiger partial charge in [-0.05, 0) is 54.4 Å². The number of fused-ring (bicyclic) bond motifs is 1. The summed E-state index contributed by atoms with van der Waals surface area (Å²) in [6.45, 7) is 1.85. The number of carbonyl (C=O) groups excluding carboxylic acids is 2. The molecule has 1 N–H and O–H groups in total. The van der Waals surface area contributed by atoms with E-state index in [-0.39, 0.29) is 11.3 Å². The molecule has 0 fully saturated rings. The number of aryl methyl sites for hydroxylation is 1. The van der Waals surface area contributed by atoms with E-state index < -0.39 is 29.3 Å². The van der Waals surface area contributed by atoms with Crippen molar-refractivity contribution in [2.75, 3.05) is 12.0 Å². The Hall–Kier alpha value is -4.39. The second kappa shape index (κ2) is 8.19. The molecule has 1 unspecified atom stereocenters. The molecule has 5 rings (SSSR count). The predicted molar refractivity (Wildman–Crippen MR) is 125 cm³/mol. The van der Waals surface area contributed by atoms with E-state index >= 15 is 0 Å². The summed E-state index contributed by atoms with van der Waals surface area (Å²) in [6, 6.07) is 18.5. The molecule has 7 heteroatoms. The lowest BCUT2D eigenvalue weighted by Crippen LogP contribution is -2.31. The Kier molecular flexibility index (Phi) is 5.17. The summed E-state index contributed by atoms with van der Waals surface area (Å²) in [7, 11) is 1.50. The lowest BCUT2D eigenvalue weighted by molar-refractivity contribution is -0.117. The van der Waals surface area contributed by atoms with Crippen LogP contribution in [0.15, 0.2) is 88.5 Å². The van der Waals surface area contributed by atoms with E-state index in [1.165, 1.54) is 36.3 Å². The van der Waals surface area contributed by atoms with Crippen LogP contribution in [0.4, 0.5) is 10.1 Å². The quantitative estimate of drug-likeness (QED) is 0.391. The molecular weight excluding hydrogens is 437 g/mol. The summed E-state index contributed by atoms with van der Waals surface area (Å²) in [4.78, 5) is 28.2. The van der Waals surface area contributed by atoms with Gasteiger partial charge in [-0.25, -0.2) is 4.39 Å². The average molecular weight is 457 g/mol. The van der Waals surface area contributed by atoms with Crippen LogP contribution in [0.2, 0.25) is 0 Å². The van der Waals surface area contributed by atoms with Gasteiger partial charge in [-0.1, -0.05) is 36.4 Å². The standard InChI is InChI=1S/C27H20FNO5/c1-15-6-3-4-8-19(15)23-22(25(31)27(32)29(23)18-12-10-17(28)11-13-18)24(30)21-14-16-7-5-9-20(33-2)26(16)34-21/h3-14,23,31H,1-2H3. The van der Waals surface area contributed by atoms with E-state index in [9.17, 15) is 19.1 Å². The third-order valence-electron chi connectivity index (χ3n) is 5.99. The average Bonchev–Trinajstić information content (AvgIpc) is 3.39. The van der Waals surface area contributed by atoms with Gasteiger partial charge in [0.25, 0.3) is 5.91 Å². The maximum Gasteiger partial charge on any atom is 0.294 e. The van der Waals surface area contributed by atoms with E-state index in [1.54, 1.807) is 36.4 Å². The summed E-state index contributed by atoms with van der Waals surface area (Å²) >= 11 is 0. The summed E-state index contributed by atoms with van der Waals surface area (Å²) in [5.41, 5.74) is 2.10. The van der Waals surface area contributed by atoms with Gasteiger partial charge < -0.3 is 14.3 Å². The molecule has 4 aromatic rings. The number of carbonyl (C=O) groups is 2. The molecule has 6 nitrogen and oxygen atoms in total. The Balaban J connectivity index is 1.68. The number of nitrogens with zero attached hydrogens (tertiary/aromatic N) is 1. The first-order valence-electron chi connectivity index (χ1n) is 10.6. The number of benzene rings is 3. The molecule has 2 heterocycles. The Bertz CT molecular complexity index is 1470. The summed E-state index contributed by atoms with van der Waals surface area (Å²) < 4.78 is 24.7. The van der Waals surface area contributed by atoms with Crippen LogP contribution in [-0.4, -0.2) is 23.9 Å². The Morgan fingerprint density at radius 1 is 1.06 bits per heavy atom. The van der Waals surface area contributed by atoms with E-state index in [1.807, 2.05) is 19.1 Å². The number of anilines is 1. The number of hydrogen-bond donors (Lipinski definition) is 1. The number of methoxy groups -OCH3 is 1. The van der Waals surface area contributed by atoms with Crippen molar-refractivity contribution < 1.29 is 28.2 Å². The van der Waals surface area contributed by atoms with Gasteiger partial charge in [0.05, 0.1) is 18.7 Å². The van der Waals surface area contributed by atoms with Crippen molar-refractivity contribution in [1.29, 1.82) is 0 Å². The fraction of sp³-hybridized carbons (Fsp3) is 0.111. The van der Waals surface area contributed by atoms with Crippen molar-refractivity contribution in [1.82, 2.24) is 0 Å². The molecule has 170 valence electrons. The Morgan fingerprint density at radius 2 is 1.79 bits per heavy atom. The number of rotatable bonds is 5. The lowest BCUT2D eigenvalue weighted by atomic mass is 9.92. The Labute approximate surface area is 194 Å². The summed E-state index contributed by atoms with van der Waals surface area (Å²) in [5.74, 6) is -2.09. The minimum absolute atomic E-state index is 0.0339. The highest BCUT2D eigenvalue weighted by atomic mass is 19.1. The van der Waals surface area contributed by atoms with Gasteiger partial charge in [0.15, 0.2) is 22.9 Å². The van der Waals surface area contributed by atoms with Gasteiger partial charge in [0.2, 0.25) is 5.78 Å². The molecule has 3 aromatic carbocycles.